The number of amides is 1. The van der Waals surface area contributed by atoms with Crippen LogP contribution in [0, 0.1) is 0 Å². The van der Waals surface area contributed by atoms with Gasteiger partial charge in [-0.2, -0.15) is 4.89 Å². The number of carbonyl (C=O) groups excluding carboxylic acids is 3. The molecule has 0 aliphatic heterocycles. The van der Waals surface area contributed by atoms with Gasteiger partial charge in [0.1, 0.15) is 17.1 Å². The number of hydrogen-bond donors (Lipinski definition) is 3. The van der Waals surface area contributed by atoms with Crippen LogP contribution in [-0.2, 0) is 31.8 Å². The quantitative estimate of drug-likeness (QED) is 0.186. The van der Waals surface area contributed by atoms with Crippen molar-refractivity contribution in [2.75, 3.05) is 0 Å². The molecule has 0 bridgehead atoms. The van der Waals surface area contributed by atoms with Gasteiger partial charge in [0.2, 0.25) is 0 Å². The maximum Gasteiger partial charge on any atom is 0.373 e. The molecule has 0 saturated heterocycles. The third kappa shape index (κ3) is 8.40. The molecule has 0 aliphatic rings. The van der Waals surface area contributed by atoms with Crippen molar-refractivity contribution >= 4 is 17.7 Å². The number of carbonyl (C=O) groups is 3. The first-order valence-electron chi connectivity index (χ1n) is 12.3. The van der Waals surface area contributed by atoms with Gasteiger partial charge in [-0.25, -0.2) is 10.6 Å². The SMILES string of the molecule is CC(C)(CC(=O)CCc1cc(C(C)(C)C)c(O)c(C(C)(C)C)c1)OOC(=O)c1ccc(C(=O)NN)cc1. The molecular weight excluding hydrogens is 472 g/mol. The molecule has 0 saturated carbocycles. The smallest absolute Gasteiger partial charge is 0.373 e. The molecule has 0 unspecified atom stereocenters. The van der Waals surface area contributed by atoms with Gasteiger partial charge >= 0.3 is 5.97 Å². The van der Waals surface area contributed by atoms with Crippen molar-refractivity contribution in [2.24, 2.45) is 5.84 Å². The lowest BCUT2D eigenvalue weighted by molar-refractivity contribution is -0.306. The standard InChI is InChI=1S/C29H40N2O6/c1-27(2,3)22-15-18(16-23(24(22)33)28(4,5)6)9-14-21(32)17-29(7,8)37-36-26(35)20-12-10-19(11-13-20)25(34)31-30/h10-13,15-16,33H,9,14,17,30H2,1-8H3,(H,31,34). The van der Waals surface area contributed by atoms with Crippen molar-refractivity contribution < 1.29 is 29.3 Å². The highest BCUT2D eigenvalue weighted by Crippen LogP contribution is 2.40. The van der Waals surface area contributed by atoms with Gasteiger partial charge in [0.05, 0.1) is 5.56 Å². The maximum absolute atomic E-state index is 12.8. The molecule has 2 rings (SSSR count). The van der Waals surface area contributed by atoms with Crippen LogP contribution in [0.2, 0.25) is 0 Å². The van der Waals surface area contributed by atoms with Crippen LogP contribution in [0.1, 0.15) is 106 Å². The summed E-state index contributed by atoms with van der Waals surface area (Å²) in [6.45, 7) is 15.6. The topological polar surface area (TPSA) is 128 Å². The lowest BCUT2D eigenvalue weighted by Gasteiger charge is -2.28. The molecule has 4 N–H and O–H groups in total. The summed E-state index contributed by atoms with van der Waals surface area (Å²) in [5.74, 6) is 4.14. The Morgan fingerprint density at radius 1 is 0.865 bits per heavy atom. The molecule has 0 radical (unpaired) electrons. The molecule has 0 aliphatic carbocycles. The number of phenols is 1. The second kappa shape index (κ2) is 11.4. The zero-order chi connectivity index (χ0) is 28.2. The molecule has 2 aromatic carbocycles. The molecule has 8 heteroatoms. The van der Waals surface area contributed by atoms with E-state index in [2.05, 4.69) is 41.5 Å². The molecule has 2 aromatic rings. The normalized spacial score (nSPS) is 12.2. The number of Topliss-reactive ketones (excluding diaryl/α,β-unsaturated/α-hetero) is 1. The average Bonchev–Trinajstić information content (AvgIpc) is 2.79. The highest BCUT2D eigenvalue weighted by atomic mass is 17.2. The lowest BCUT2D eigenvalue weighted by Crippen LogP contribution is -2.30. The Morgan fingerprint density at radius 3 is 1.81 bits per heavy atom. The van der Waals surface area contributed by atoms with Gasteiger partial charge in [0.25, 0.3) is 5.91 Å². The van der Waals surface area contributed by atoms with Crippen LogP contribution in [0.5, 0.6) is 5.75 Å². The van der Waals surface area contributed by atoms with Gasteiger partial charge in [-0.15, -0.1) is 0 Å². The van der Waals surface area contributed by atoms with Gasteiger partial charge < -0.3 is 5.11 Å². The molecule has 1 amide bonds. The van der Waals surface area contributed by atoms with E-state index in [0.29, 0.717) is 17.7 Å². The van der Waals surface area contributed by atoms with Gasteiger partial charge in [0.15, 0.2) is 0 Å². The summed E-state index contributed by atoms with van der Waals surface area (Å²) in [6, 6.07) is 9.67. The molecular formula is C29H40N2O6. The average molecular weight is 513 g/mol. The number of nitrogen functional groups attached to an aromatic ring is 1. The minimum atomic E-state index is -1.03. The van der Waals surface area contributed by atoms with E-state index in [9.17, 15) is 19.5 Å². The summed E-state index contributed by atoms with van der Waals surface area (Å²) in [7, 11) is 0. The molecule has 0 atom stereocenters. The first-order valence-corrected chi connectivity index (χ1v) is 12.3. The zero-order valence-corrected chi connectivity index (χ0v) is 23.2. The number of phenolic OH excluding ortho intramolecular Hbond substituents is 1. The fourth-order valence-electron chi connectivity index (χ4n) is 3.90. The molecule has 202 valence electrons. The molecule has 0 spiro atoms. The molecule has 0 aromatic heterocycles. The van der Waals surface area contributed by atoms with Crippen LogP contribution >= 0.6 is 0 Å². The Morgan fingerprint density at radius 2 is 1.35 bits per heavy atom. The Labute approximate surface area is 219 Å². The molecule has 0 heterocycles. The largest absolute Gasteiger partial charge is 0.507 e. The summed E-state index contributed by atoms with van der Waals surface area (Å²) < 4.78 is 0. The summed E-state index contributed by atoms with van der Waals surface area (Å²) >= 11 is 0. The number of rotatable bonds is 9. The van der Waals surface area contributed by atoms with Crippen molar-refractivity contribution in [2.45, 2.75) is 91.1 Å². The van der Waals surface area contributed by atoms with Crippen molar-refractivity contribution in [1.82, 2.24) is 5.43 Å². The van der Waals surface area contributed by atoms with Crippen molar-refractivity contribution in [3.05, 3.63) is 64.2 Å². The van der Waals surface area contributed by atoms with Gasteiger partial charge in [-0.1, -0.05) is 53.7 Å². The van der Waals surface area contributed by atoms with Crippen molar-refractivity contribution in [1.29, 1.82) is 0 Å². The van der Waals surface area contributed by atoms with Crippen LogP contribution in [0.3, 0.4) is 0 Å². The summed E-state index contributed by atoms with van der Waals surface area (Å²) in [4.78, 5) is 46.9. The number of aromatic hydroxyl groups is 1. The highest BCUT2D eigenvalue weighted by Gasteiger charge is 2.28. The van der Waals surface area contributed by atoms with Gasteiger partial charge in [0, 0.05) is 18.4 Å². The van der Waals surface area contributed by atoms with E-state index in [1.54, 1.807) is 13.8 Å². The van der Waals surface area contributed by atoms with Crippen LogP contribution in [0.4, 0.5) is 0 Å². The number of ketones is 1. The number of aryl methyl sites for hydroxylation is 1. The van der Waals surface area contributed by atoms with E-state index in [-0.39, 0.29) is 35.0 Å². The van der Waals surface area contributed by atoms with E-state index in [1.807, 2.05) is 17.6 Å². The molecule has 37 heavy (non-hydrogen) atoms. The number of benzene rings is 2. The van der Waals surface area contributed by atoms with Crippen molar-refractivity contribution in [3.8, 4) is 5.75 Å². The molecule has 0 fully saturated rings. The third-order valence-electron chi connectivity index (χ3n) is 5.96. The number of hydrazine groups is 1. The zero-order valence-electron chi connectivity index (χ0n) is 23.2. The van der Waals surface area contributed by atoms with E-state index >= 15 is 0 Å². The first kappa shape index (κ1) is 30.0. The number of nitrogens with two attached hydrogens (primary N) is 1. The van der Waals surface area contributed by atoms with Crippen LogP contribution < -0.4 is 11.3 Å². The Bertz CT molecular complexity index is 1100. The summed E-state index contributed by atoms with van der Waals surface area (Å²) in [5.41, 5.74) is 3.66. The predicted molar refractivity (Wildman–Crippen MR) is 142 cm³/mol. The predicted octanol–water partition coefficient (Wildman–Crippen LogP) is 5.05. The Balaban J connectivity index is 2.01. The van der Waals surface area contributed by atoms with Gasteiger partial charge in [-0.05, 0) is 72.1 Å². The highest BCUT2D eigenvalue weighted by molar-refractivity contribution is 5.95. The second-order valence-electron chi connectivity index (χ2n) is 12.0. The fraction of sp³-hybridized carbons (Fsp3) is 0.483. The van der Waals surface area contributed by atoms with E-state index < -0.39 is 17.5 Å². The van der Waals surface area contributed by atoms with Crippen molar-refractivity contribution in [3.63, 3.8) is 0 Å². The first-order chi connectivity index (χ1) is 16.9. The van der Waals surface area contributed by atoms with E-state index in [4.69, 9.17) is 15.6 Å². The number of hydrogen-bond acceptors (Lipinski definition) is 7. The Kier molecular flexibility index (Phi) is 9.27. The monoisotopic (exact) mass is 512 g/mol. The van der Waals surface area contributed by atoms with Crippen LogP contribution in [-0.4, -0.2) is 28.4 Å². The molecule has 8 nitrogen and oxygen atoms in total. The maximum atomic E-state index is 12.8. The number of nitrogens with one attached hydrogen (secondary N) is 1. The second-order valence-corrected chi connectivity index (χ2v) is 12.0. The third-order valence-corrected chi connectivity index (χ3v) is 5.96. The minimum absolute atomic E-state index is 0.0408. The Hall–Kier alpha value is -3.23. The van der Waals surface area contributed by atoms with Crippen LogP contribution in [0.25, 0.3) is 0 Å². The fourth-order valence-corrected chi connectivity index (χ4v) is 3.90. The van der Waals surface area contributed by atoms with E-state index in [1.165, 1.54) is 24.3 Å². The van der Waals surface area contributed by atoms with Crippen LogP contribution in [0.15, 0.2) is 36.4 Å². The lowest BCUT2D eigenvalue weighted by atomic mass is 9.78. The minimum Gasteiger partial charge on any atom is -0.507 e. The summed E-state index contributed by atoms with van der Waals surface area (Å²) in [6.07, 6.45) is 0.847. The van der Waals surface area contributed by atoms with Gasteiger partial charge in [-0.3, -0.25) is 19.9 Å². The van der Waals surface area contributed by atoms with E-state index in [0.717, 1.165) is 16.7 Å². The summed E-state index contributed by atoms with van der Waals surface area (Å²) in [5, 5.41) is 10.9.